The molecule has 1 aromatic carbocycles. The van der Waals surface area contributed by atoms with Gasteiger partial charge in [0.25, 0.3) is 0 Å². The number of aromatic nitrogens is 3. The van der Waals surface area contributed by atoms with Gasteiger partial charge in [0.2, 0.25) is 0 Å². The number of rotatable bonds is 4. The predicted octanol–water partition coefficient (Wildman–Crippen LogP) is 2.42. The summed E-state index contributed by atoms with van der Waals surface area (Å²) >= 11 is 0. The van der Waals surface area contributed by atoms with Crippen molar-refractivity contribution < 1.29 is 9.47 Å². The summed E-state index contributed by atoms with van der Waals surface area (Å²) < 4.78 is 12.4. The summed E-state index contributed by atoms with van der Waals surface area (Å²) in [6, 6.07) is 7.63. The van der Waals surface area contributed by atoms with Crippen LogP contribution in [0.4, 0.5) is 0 Å². The Hall–Kier alpha value is -2.55. The highest BCUT2D eigenvalue weighted by molar-refractivity contribution is 5.52. The zero-order valence-electron chi connectivity index (χ0n) is 12.0. The van der Waals surface area contributed by atoms with E-state index in [1.54, 1.807) is 18.9 Å². The molecule has 0 spiro atoms. The van der Waals surface area contributed by atoms with Crippen molar-refractivity contribution in [3.63, 3.8) is 0 Å². The van der Waals surface area contributed by atoms with E-state index in [9.17, 15) is 5.26 Å². The third-order valence-corrected chi connectivity index (χ3v) is 3.92. The molecule has 0 bridgehead atoms. The number of hydrogen-bond acceptors (Lipinski definition) is 5. The van der Waals surface area contributed by atoms with Crippen molar-refractivity contribution in [2.45, 2.75) is 25.2 Å². The standard InChI is InChI=1S/C15H16N4O2/c1-20-11-6-7-14(21-2)13(8-11)19-15(10-4-3-5-10)12(9-16)17-18-19/h6-8,10H,3-5H2,1-2H3. The molecular weight excluding hydrogens is 268 g/mol. The molecule has 0 unspecified atom stereocenters. The molecule has 6 heteroatoms. The molecule has 1 aliphatic carbocycles. The zero-order chi connectivity index (χ0) is 14.8. The smallest absolute Gasteiger partial charge is 0.186 e. The van der Waals surface area contributed by atoms with Crippen molar-refractivity contribution in [2.24, 2.45) is 0 Å². The minimum atomic E-state index is 0.338. The van der Waals surface area contributed by atoms with Crippen molar-refractivity contribution in [1.82, 2.24) is 15.0 Å². The van der Waals surface area contributed by atoms with Gasteiger partial charge in [-0.1, -0.05) is 11.6 Å². The summed E-state index contributed by atoms with van der Waals surface area (Å²) in [7, 11) is 3.22. The van der Waals surface area contributed by atoms with Gasteiger partial charge >= 0.3 is 0 Å². The van der Waals surface area contributed by atoms with Crippen molar-refractivity contribution in [1.29, 1.82) is 5.26 Å². The molecule has 0 saturated heterocycles. The highest BCUT2D eigenvalue weighted by Crippen LogP contribution is 2.39. The summed E-state index contributed by atoms with van der Waals surface area (Å²) in [6.45, 7) is 0. The minimum absolute atomic E-state index is 0.338. The van der Waals surface area contributed by atoms with Crippen molar-refractivity contribution in [3.05, 3.63) is 29.6 Å². The van der Waals surface area contributed by atoms with Crippen LogP contribution in [-0.2, 0) is 0 Å². The van der Waals surface area contributed by atoms with Gasteiger partial charge in [-0.05, 0) is 25.0 Å². The molecular formula is C15H16N4O2. The van der Waals surface area contributed by atoms with Crippen molar-refractivity contribution >= 4 is 0 Å². The highest BCUT2D eigenvalue weighted by atomic mass is 16.5. The molecule has 108 valence electrons. The molecule has 2 aromatic rings. The van der Waals surface area contributed by atoms with E-state index in [0.29, 0.717) is 23.1 Å². The lowest BCUT2D eigenvalue weighted by molar-refractivity contribution is 0.389. The molecule has 0 N–H and O–H groups in total. The fraction of sp³-hybridized carbons (Fsp3) is 0.400. The van der Waals surface area contributed by atoms with Gasteiger partial charge in [0.15, 0.2) is 5.69 Å². The summed E-state index contributed by atoms with van der Waals surface area (Å²) in [4.78, 5) is 0. The van der Waals surface area contributed by atoms with Gasteiger partial charge in [-0.2, -0.15) is 5.26 Å². The van der Waals surface area contributed by atoms with E-state index < -0.39 is 0 Å². The van der Waals surface area contributed by atoms with Crippen LogP contribution in [0.15, 0.2) is 18.2 Å². The molecule has 1 heterocycles. The van der Waals surface area contributed by atoms with Gasteiger partial charge in [0.1, 0.15) is 23.3 Å². The monoisotopic (exact) mass is 284 g/mol. The van der Waals surface area contributed by atoms with E-state index in [4.69, 9.17) is 9.47 Å². The molecule has 1 saturated carbocycles. The Kier molecular flexibility index (Phi) is 3.48. The van der Waals surface area contributed by atoms with E-state index in [1.807, 2.05) is 18.2 Å². The number of ether oxygens (including phenoxy) is 2. The lowest BCUT2D eigenvalue weighted by Gasteiger charge is -2.26. The highest BCUT2D eigenvalue weighted by Gasteiger charge is 2.29. The van der Waals surface area contributed by atoms with E-state index in [0.717, 1.165) is 24.2 Å². The fourth-order valence-electron chi connectivity index (χ4n) is 2.56. The summed E-state index contributed by atoms with van der Waals surface area (Å²) in [5.74, 6) is 1.72. The lowest BCUT2D eigenvalue weighted by Crippen LogP contribution is -2.16. The maximum atomic E-state index is 9.25. The molecule has 0 radical (unpaired) electrons. The van der Waals surface area contributed by atoms with Gasteiger partial charge in [-0.15, -0.1) is 5.10 Å². The zero-order valence-corrected chi connectivity index (χ0v) is 12.0. The third kappa shape index (κ3) is 2.21. The third-order valence-electron chi connectivity index (χ3n) is 3.92. The van der Waals surface area contributed by atoms with Crippen LogP contribution in [0, 0.1) is 11.3 Å². The molecule has 0 aliphatic heterocycles. The number of benzene rings is 1. The van der Waals surface area contributed by atoms with Gasteiger partial charge < -0.3 is 9.47 Å². The molecule has 1 fully saturated rings. The molecule has 6 nitrogen and oxygen atoms in total. The molecule has 0 atom stereocenters. The Bertz CT molecular complexity index is 698. The predicted molar refractivity (Wildman–Crippen MR) is 75.8 cm³/mol. The van der Waals surface area contributed by atoms with E-state index in [-0.39, 0.29) is 0 Å². The van der Waals surface area contributed by atoms with E-state index >= 15 is 0 Å². The van der Waals surface area contributed by atoms with Crippen molar-refractivity contribution in [2.75, 3.05) is 14.2 Å². The molecule has 3 rings (SSSR count). The van der Waals surface area contributed by atoms with Crippen LogP contribution in [0.5, 0.6) is 11.5 Å². The SMILES string of the molecule is COc1ccc(OC)c(-n2nnc(C#N)c2C2CCC2)c1. The van der Waals surface area contributed by atoms with Crippen LogP contribution in [-0.4, -0.2) is 29.2 Å². The first-order valence-electron chi connectivity index (χ1n) is 6.86. The second-order valence-electron chi connectivity index (χ2n) is 5.01. The maximum absolute atomic E-state index is 9.25. The Morgan fingerprint density at radius 2 is 2.10 bits per heavy atom. The summed E-state index contributed by atoms with van der Waals surface area (Å²) in [6.07, 6.45) is 3.30. The number of nitriles is 1. The summed E-state index contributed by atoms with van der Waals surface area (Å²) in [5, 5.41) is 17.4. The Balaban J connectivity index is 2.16. The molecule has 1 aliphatic rings. The Morgan fingerprint density at radius 3 is 2.67 bits per heavy atom. The average Bonchev–Trinajstić information content (AvgIpc) is 2.88. The van der Waals surface area contributed by atoms with Crippen LogP contribution in [0.25, 0.3) is 5.69 Å². The van der Waals surface area contributed by atoms with Crippen LogP contribution >= 0.6 is 0 Å². The fourth-order valence-corrected chi connectivity index (χ4v) is 2.56. The van der Waals surface area contributed by atoms with Crippen molar-refractivity contribution in [3.8, 4) is 23.3 Å². The van der Waals surface area contributed by atoms with Gasteiger partial charge in [0.05, 0.1) is 19.9 Å². The quantitative estimate of drug-likeness (QED) is 0.862. The number of hydrogen-bond donors (Lipinski definition) is 0. The van der Waals surface area contributed by atoms with Crippen LogP contribution in [0.1, 0.15) is 36.6 Å². The minimum Gasteiger partial charge on any atom is -0.497 e. The first-order chi connectivity index (χ1) is 10.3. The Morgan fingerprint density at radius 1 is 1.29 bits per heavy atom. The molecule has 21 heavy (non-hydrogen) atoms. The van der Waals surface area contributed by atoms with Crippen LogP contribution in [0.2, 0.25) is 0 Å². The second-order valence-corrected chi connectivity index (χ2v) is 5.01. The Labute approximate surface area is 122 Å². The van der Waals surface area contributed by atoms with Gasteiger partial charge in [-0.3, -0.25) is 0 Å². The van der Waals surface area contributed by atoms with Crippen LogP contribution in [0.3, 0.4) is 0 Å². The first kappa shape index (κ1) is 13.4. The first-order valence-corrected chi connectivity index (χ1v) is 6.86. The number of methoxy groups -OCH3 is 2. The van der Waals surface area contributed by atoms with E-state index in [1.165, 1.54) is 6.42 Å². The van der Waals surface area contributed by atoms with Gasteiger partial charge in [0, 0.05) is 12.0 Å². The van der Waals surface area contributed by atoms with E-state index in [2.05, 4.69) is 16.4 Å². The summed E-state index contributed by atoms with van der Waals surface area (Å²) in [5.41, 5.74) is 2.01. The molecule has 0 amide bonds. The largest absolute Gasteiger partial charge is 0.497 e. The second kappa shape index (κ2) is 5.44. The van der Waals surface area contributed by atoms with Crippen LogP contribution < -0.4 is 9.47 Å². The topological polar surface area (TPSA) is 73.0 Å². The number of nitrogens with zero attached hydrogens (tertiary/aromatic N) is 4. The molecule has 1 aromatic heterocycles. The normalized spacial score (nSPS) is 14.3. The average molecular weight is 284 g/mol. The maximum Gasteiger partial charge on any atom is 0.186 e. The lowest BCUT2D eigenvalue weighted by atomic mass is 9.82. The van der Waals surface area contributed by atoms with Gasteiger partial charge in [-0.25, -0.2) is 4.68 Å².